The molecule has 0 aliphatic rings. The Labute approximate surface area is 198 Å². The number of benzene rings is 3. The minimum Gasteiger partial charge on any atom is -0.497 e. The number of nitrogens with zero attached hydrogens (tertiary/aromatic N) is 1. The number of hydrogen-bond donors (Lipinski definition) is 2. The molecule has 0 saturated heterocycles. The molecule has 7 nitrogen and oxygen atoms in total. The summed E-state index contributed by atoms with van der Waals surface area (Å²) in [4.78, 5) is 12.5. The Morgan fingerprint density at radius 1 is 1.06 bits per heavy atom. The standard InChI is InChI=1S/C25H25N3O4S/c1-4-31-23-15-18(16-26-28-25(33)27-20-7-5-6-17(2)14-20)8-13-22(23)32-24(29)19-9-11-21(30-3)12-10-19/h5-16H,4H2,1-3H3,(H2,27,28,33)/b26-16-. The van der Waals surface area contributed by atoms with E-state index < -0.39 is 5.97 Å². The van der Waals surface area contributed by atoms with Crippen LogP contribution in [0.15, 0.2) is 71.8 Å². The van der Waals surface area contributed by atoms with Crippen molar-refractivity contribution >= 4 is 35.2 Å². The molecule has 33 heavy (non-hydrogen) atoms. The van der Waals surface area contributed by atoms with E-state index in [2.05, 4.69) is 15.8 Å². The lowest BCUT2D eigenvalue weighted by Gasteiger charge is -2.11. The minimum absolute atomic E-state index is 0.319. The van der Waals surface area contributed by atoms with E-state index in [1.54, 1.807) is 55.8 Å². The Bertz CT molecular complexity index is 1150. The molecule has 3 rings (SSSR count). The van der Waals surface area contributed by atoms with Gasteiger partial charge in [0.15, 0.2) is 16.6 Å². The maximum absolute atomic E-state index is 12.5. The van der Waals surface area contributed by atoms with Gasteiger partial charge in [0.25, 0.3) is 0 Å². The van der Waals surface area contributed by atoms with Gasteiger partial charge in [-0.15, -0.1) is 0 Å². The number of carbonyl (C=O) groups excluding carboxylic acids is 1. The molecule has 0 bridgehead atoms. The zero-order chi connectivity index (χ0) is 23.6. The molecule has 0 aliphatic heterocycles. The van der Waals surface area contributed by atoms with Crippen LogP contribution in [0.1, 0.15) is 28.4 Å². The van der Waals surface area contributed by atoms with Gasteiger partial charge in [-0.2, -0.15) is 5.10 Å². The van der Waals surface area contributed by atoms with Gasteiger partial charge in [-0.3, -0.25) is 5.43 Å². The van der Waals surface area contributed by atoms with Gasteiger partial charge < -0.3 is 19.5 Å². The number of esters is 1. The maximum Gasteiger partial charge on any atom is 0.343 e. The molecule has 8 heteroatoms. The lowest BCUT2D eigenvalue weighted by Crippen LogP contribution is -2.23. The number of anilines is 1. The largest absolute Gasteiger partial charge is 0.497 e. The van der Waals surface area contributed by atoms with Gasteiger partial charge in [-0.25, -0.2) is 4.79 Å². The number of aryl methyl sites for hydroxylation is 1. The molecular formula is C25H25N3O4S. The monoisotopic (exact) mass is 463 g/mol. The molecule has 2 N–H and O–H groups in total. The SMILES string of the molecule is CCOc1cc(/C=N\NC(=S)Nc2cccc(C)c2)ccc1OC(=O)c1ccc(OC)cc1. The van der Waals surface area contributed by atoms with Crippen molar-refractivity contribution in [2.45, 2.75) is 13.8 Å². The summed E-state index contributed by atoms with van der Waals surface area (Å²) in [6.07, 6.45) is 1.60. The molecule has 0 spiro atoms. The number of nitrogens with one attached hydrogen (secondary N) is 2. The van der Waals surface area contributed by atoms with E-state index >= 15 is 0 Å². The maximum atomic E-state index is 12.5. The second-order valence-electron chi connectivity index (χ2n) is 6.95. The molecule has 3 aromatic carbocycles. The molecule has 0 atom stereocenters. The van der Waals surface area contributed by atoms with Crippen molar-refractivity contribution in [1.82, 2.24) is 5.43 Å². The fourth-order valence-electron chi connectivity index (χ4n) is 2.89. The highest BCUT2D eigenvalue weighted by Gasteiger charge is 2.13. The van der Waals surface area contributed by atoms with Crippen molar-refractivity contribution in [3.8, 4) is 17.2 Å². The van der Waals surface area contributed by atoms with Crippen molar-refractivity contribution in [3.63, 3.8) is 0 Å². The summed E-state index contributed by atoms with van der Waals surface area (Å²) in [6.45, 7) is 4.27. The summed E-state index contributed by atoms with van der Waals surface area (Å²) in [5.41, 5.74) is 5.94. The van der Waals surface area contributed by atoms with Crippen LogP contribution in [0.25, 0.3) is 0 Å². The van der Waals surface area contributed by atoms with E-state index in [-0.39, 0.29) is 0 Å². The number of ether oxygens (including phenoxy) is 3. The number of hydrogen-bond acceptors (Lipinski definition) is 6. The van der Waals surface area contributed by atoms with Crippen LogP contribution in [0.5, 0.6) is 17.2 Å². The predicted octanol–water partition coefficient (Wildman–Crippen LogP) is 4.94. The van der Waals surface area contributed by atoms with Crippen LogP contribution in [0, 0.1) is 6.92 Å². The normalized spacial score (nSPS) is 10.5. The van der Waals surface area contributed by atoms with E-state index in [1.807, 2.05) is 38.1 Å². The molecule has 0 saturated carbocycles. The zero-order valence-electron chi connectivity index (χ0n) is 18.6. The van der Waals surface area contributed by atoms with Gasteiger partial charge in [0.05, 0.1) is 25.5 Å². The summed E-state index contributed by atoms with van der Waals surface area (Å²) < 4.78 is 16.3. The molecule has 0 heterocycles. The van der Waals surface area contributed by atoms with E-state index in [1.165, 1.54) is 0 Å². The Hall–Kier alpha value is -3.91. The van der Waals surface area contributed by atoms with Crippen molar-refractivity contribution in [2.24, 2.45) is 5.10 Å². The van der Waals surface area contributed by atoms with Gasteiger partial charge in [0.1, 0.15) is 5.75 Å². The third-order valence-electron chi connectivity index (χ3n) is 4.45. The second kappa shape index (κ2) is 11.6. The Kier molecular flexibility index (Phi) is 8.37. The molecule has 0 unspecified atom stereocenters. The van der Waals surface area contributed by atoms with E-state index in [0.717, 1.165) is 16.8 Å². The number of carbonyl (C=O) groups is 1. The lowest BCUT2D eigenvalue weighted by atomic mass is 10.2. The third-order valence-corrected chi connectivity index (χ3v) is 4.64. The molecule has 0 amide bonds. The van der Waals surface area contributed by atoms with Gasteiger partial charge in [0.2, 0.25) is 0 Å². The zero-order valence-corrected chi connectivity index (χ0v) is 19.4. The van der Waals surface area contributed by atoms with Gasteiger partial charge >= 0.3 is 5.97 Å². The van der Waals surface area contributed by atoms with Crippen LogP contribution in [-0.2, 0) is 0 Å². The highest BCUT2D eigenvalue weighted by Crippen LogP contribution is 2.29. The first-order valence-electron chi connectivity index (χ1n) is 10.3. The lowest BCUT2D eigenvalue weighted by molar-refractivity contribution is 0.0728. The topological polar surface area (TPSA) is 81.2 Å². The first-order valence-corrected chi connectivity index (χ1v) is 10.7. The summed E-state index contributed by atoms with van der Waals surface area (Å²) in [5, 5.41) is 7.60. The summed E-state index contributed by atoms with van der Waals surface area (Å²) >= 11 is 5.27. The average Bonchev–Trinajstić information content (AvgIpc) is 2.81. The summed E-state index contributed by atoms with van der Waals surface area (Å²) in [5.74, 6) is 0.921. The minimum atomic E-state index is -0.491. The second-order valence-corrected chi connectivity index (χ2v) is 7.36. The first kappa shape index (κ1) is 23.7. The number of methoxy groups -OCH3 is 1. The summed E-state index contributed by atoms with van der Waals surface area (Å²) in [6, 6.07) is 19.7. The van der Waals surface area contributed by atoms with Gasteiger partial charge in [-0.05, 0) is 91.8 Å². The van der Waals surface area contributed by atoms with Crippen LogP contribution in [-0.4, -0.2) is 31.0 Å². The van der Waals surface area contributed by atoms with Crippen molar-refractivity contribution < 1.29 is 19.0 Å². The van der Waals surface area contributed by atoms with Crippen molar-refractivity contribution in [2.75, 3.05) is 19.0 Å². The van der Waals surface area contributed by atoms with E-state index in [9.17, 15) is 4.79 Å². The van der Waals surface area contributed by atoms with Gasteiger partial charge in [-0.1, -0.05) is 12.1 Å². The Morgan fingerprint density at radius 3 is 2.55 bits per heavy atom. The fraction of sp³-hybridized carbons (Fsp3) is 0.160. The number of hydrazone groups is 1. The molecule has 3 aromatic rings. The van der Waals surface area contributed by atoms with Crippen LogP contribution in [0.3, 0.4) is 0 Å². The average molecular weight is 464 g/mol. The van der Waals surface area contributed by atoms with Crippen LogP contribution < -0.4 is 25.0 Å². The van der Waals surface area contributed by atoms with Crippen molar-refractivity contribution in [3.05, 3.63) is 83.4 Å². The molecular weight excluding hydrogens is 438 g/mol. The smallest absolute Gasteiger partial charge is 0.343 e. The van der Waals surface area contributed by atoms with Crippen LogP contribution >= 0.6 is 12.2 Å². The van der Waals surface area contributed by atoms with Crippen molar-refractivity contribution in [1.29, 1.82) is 0 Å². The van der Waals surface area contributed by atoms with E-state index in [0.29, 0.717) is 34.5 Å². The summed E-state index contributed by atoms with van der Waals surface area (Å²) in [7, 11) is 1.57. The fourth-order valence-corrected chi connectivity index (χ4v) is 3.06. The molecule has 0 radical (unpaired) electrons. The predicted molar refractivity (Wildman–Crippen MR) is 134 cm³/mol. The van der Waals surface area contributed by atoms with Gasteiger partial charge in [0, 0.05) is 5.69 Å². The third kappa shape index (κ3) is 7.05. The molecule has 0 aromatic heterocycles. The van der Waals surface area contributed by atoms with Crippen LogP contribution in [0.2, 0.25) is 0 Å². The number of thiocarbonyl (C=S) groups is 1. The molecule has 0 aliphatic carbocycles. The number of rotatable bonds is 8. The Balaban J connectivity index is 1.64. The molecule has 0 fully saturated rings. The van der Waals surface area contributed by atoms with Crippen LogP contribution in [0.4, 0.5) is 5.69 Å². The highest BCUT2D eigenvalue weighted by molar-refractivity contribution is 7.80. The van der Waals surface area contributed by atoms with E-state index in [4.69, 9.17) is 26.4 Å². The Morgan fingerprint density at radius 2 is 1.85 bits per heavy atom. The molecule has 170 valence electrons. The highest BCUT2D eigenvalue weighted by atomic mass is 32.1. The quantitative estimate of drug-likeness (QED) is 0.161. The first-order chi connectivity index (χ1) is 16.0.